The third-order valence-corrected chi connectivity index (χ3v) is 17.6. The lowest BCUT2D eigenvalue weighted by Crippen LogP contribution is -2.25. The number of carbonyl (C=O) groups excluding carboxylic acids is 1. The average Bonchev–Trinajstić information content (AvgIpc) is 3.93. The van der Waals surface area contributed by atoms with E-state index < -0.39 is 0 Å². The zero-order valence-electron chi connectivity index (χ0n) is 30.3. The summed E-state index contributed by atoms with van der Waals surface area (Å²) in [6, 6.07) is 22.2. The van der Waals surface area contributed by atoms with Gasteiger partial charge in [0.25, 0.3) is 0 Å². The van der Waals surface area contributed by atoms with Crippen molar-refractivity contribution in [3.63, 3.8) is 0 Å². The first-order chi connectivity index (χ1) is 27.2. The second-order valence-corrected chi connectivity index (χ2v) is 18.9. The molecule has 1 spiro atoms. The molecule has 0 amide bonds. The topological polar surface area (TPSA) is 26.3 Å². The fourth-order valence-electron chi connectivity index (χ4n) is 16.5. The monoisotopic (exact) mass is 698 g/mol. The number of benzene rings is 10. The lowest BCUT2D eigenvalue weighted by atomic mass is 9.76. The standard InChI is InChI=1S/C53H30O2/c1-55-30(54)8-5-12-52(26-6-3-2-4-7-26)51-29-19-25-18-24-17-23-16-22-15-21-14-20-9-10-27-31(20)39-36(21)41-33(22)32(23)40-34(24)35(25)42-38(29)49-48-43(44(39)46(41)45(40)47(42)48)37(27)28-11-13-53(51,52)50(28)49/h2-4,6-7,11,14-15,17,19,51H,5,8-10,12-13,16,18H2,1H3. The average molecular weight is 699 g/mol. The largest absolute Gasteiger partial charge is 0.469 e. The van der Waals surface area contributed by atoms with Crippen LogP contribution in [0.3, 0.4) is 0 Å². The van der Waals surface area contributed by atoms with Crippen molar-refractivity contribution in [2.45, 2.75) is 68.1 Å². The second-order valence-electron chi connectivity index (χ2n) is 18.9. The Kier molecular flexibility index (Phi) is 3.49. The molecule has 6 aliphatic carbocycles. The van der Waals surface area contributed by atoms with Crippen molar-refractivity contribution in [2.24, 2.45) is 0 Å². The van der Waals surface area contributed by atoms with E-state index in [0.29, 0.717) is 12.3 Å². The maximum Gasteiger partial charge on any atom is 0.305 e. The molecule has 0 radical (unpaired) electrons. The van der Waals surface area contributed by atoms with Gasteiger partial charge in [0.15, 0.2) is 0 Å². The highest BCUT2D eigenvalue weighted by Gasteiger charge is 2.79. The van der Waals surface area contributed by atoms with Crippen molar-refractivity contribution in [3.8, 4) is 0 Å². The van der Waals surface area contributed by atoms with Gasteiger partial charge in [-0.1, -0.05) is 60.7 Å². The highest BCUT2D eigenvalue weighted by Crippen LogP contribution is 2.83. The summed E-state index contributed by atoms with van der Waals surface area (Å²) in [5.74, 6) is 0.293. The van der Waals surface area contributed by atoms with Crippen LogP contribution in [0.25, 0.3) is 114 Å². The molecule has 18 rings (SSSR count). The number of carbonyl (C=O) groups is 1. The normalized spacial score (nSPS) is 23.8. The number of esters is 1. The molecule has 2 nitrogen and oxygen atoms in total. The summed E-state index contributed by atoms with van der Waals surface area (Å²) in [7, 11) is 1.54. The van der Waals surface area contributed by atoms with Gasteiger partial charge in [0.2, 0.25) is 0 Å². The number of methoxy groups -OCH3 is 1. The van der Waals surface area contributed by atoms with Gasteiger partial charge in [-0.05, 0) is 208 Å². The summed E-state index contributed by atoms with van der Waals surface area (Å²) in [4.78, 5) is 12.7. The Morgan fingerprint density at radius 1 is 0.636 bits per heavy atom. The lowest BCUT2D eigenvalue weighted by Gasteiger charge is -2.26. The fourth-order valence-corrected chi connectivity index (χ4v) is 16.5. The molecule has 0 heterocycles. The maximum atomic E-state index is 12.7. The first-order valence-electron chi connectivity index (χ1n) is 20.8. The molecule has 254 valence electrons. The van der Waals surface area contributed by atoms with Crippen molar-refractivity contribution >= 4 is 120 Å². The van der Waals surface area contributed by atoms with Gasteiger partial charge in [0.1, 0.15) is 0 Å². The molecule has 0 bridgehead atoms. The minimum absolute atomic E-state index is 0.0178. The molecule has 0 saturated heterocycles. The van der Waals surface area contributed by atoms with Crippen LogP contribution in [0.15, 0.2) is 54.6 Å². The maximum absolute atomic E-state index is 12.7. The van der Waals surface area contributed by atoms with E-state index >= 15 is 0 Å². The number of hydrogen-bond donors (Lipinski definition) is 0. The van der Waals surface area contributed by atoms with E-state index in [9.17, 15) is 4.79 Å². The predicted octanol–water partition coefficient (Wildman–Crippen LogP) is 11.3. The summed E-state index contributed by atoms with van der Waals surface area (Å²) in [5.41, 5.74) is 14.1. The minimum atomic E-state index is -0.0898. The first kappa shape index (κ1) is 26.1. The van der Waals surface area contributed by atoms with Crippen LogP contribution in [0, 0.1) is 0 Å². The third-order valence-electron chi connectivity index (χ3n) is 17.6. The Morgan fingerprint density at radius 2 is 1.25 bits per heavy atom. The molecule has 0 aliphatic heterocycles. The molecule has 55 heavy (non-hydrogen) atoms. The van der Waals surface area contributed by atoms with Crippen LogP contribution >= 0.6 is 0 Å². The van der Waals surface area contributed by atoms with E-state index in [1.807, 2.05) is 0 Å². The summed E-state index contributed by atoms with van der Waals surface area (Å²) >= 11 is 0. The highest BCUT2D eigenvalue weighted by atomic mass is 16.5. The molecule has 0 N–H and O–H groups in total. The Labute approximate surface area is 313 Å². The molecular weight excluding hydrogens is 669 g/mol. The number of rotatable bonds is 5. The van der Waals surface area contributed by atoms with Crippen molar-refractivity contribution in [1.29, 1.82) is 0 Å². The van der Waals surface area contributed by atoms with E-state index in [4.69, 9.17) is 4.74 Å². The Balaban J connectivity index is 1.16. The molecular formula is C53H30O2. The van der Waals surface area contributed by atoms with E-state index in [0.717, 1.165) is 44.9 Å². The molecule has 2 heteroatoms. The lowest BCUT2D eigenvalue weighted by molar-refractivity contribution is -0.140. The number of aryl methyl sites for hydroxylation is 2. The van der Waals surface area contributed by atoms with Gasteiger partial charge in [0, 0.05) is 23.2 Å². The van der Waals surface area contributed by atoms with Crippen LogP contribution in [0.2, 0.25) is 0 Å². The van der Waals surface area contributed by atoms with Crippen molar-refractivity contribution in [3.05, 3.63) is 110 Å². The van der Waals surface area contributed by atoms with E-state index in [1.165, 1.54) is 18.1 Å². The van der Waals surface area contributed by atoms with Crippen LogP contribution in [0.5, 0.6) is 0 Å². The fraction of sp³-hybridized carbons (Fsp3) is 0.226. The molecule has 1 saturated carbocycles. The highest BCUT2D eigenvalue weighted by molar-refractivity contribution is 6.62. The summed E-state index contributed by atoms with van der Waals surface area (Å²) < 4.78 is 5.23. The van der Waals surface area contributed by atoms with Gasteiger partial charge in [-0.25, -0.2) is 0 Å². The van der Waals surface area contributed by atoms with Crippen LogP contribution in [0.1, 0.15) is 81.7 Å². The number of hydrogen-bond acceptors (Lipinski definition) is 2. The van der Waals surface area contributed by atoms with Gasteiger partial charge in [-0.3, -0.25) is 4.79 Å². The molecule has 3 unspecified atom stereocenters. The summed E-state index contributed by atoms with van der Waals surface area (Å²) in [5, 5.41) is 33.4. The Hall–Kier alpha value is -5.73. The van der Waals surface area contributed by atoms with E-state index in [1.54, 1.807) is 152 Å². The third kappa shape index (κ3) is 2.11. The molecule has 1 fully saturated rings. The number of fused-ring (bicyclic) bond motifs is 3. The van der Waals surface area contributed by atoms with Crippen LogP contribution in [-0.4, -0.2) is 13.1 Å². The van der Waals surface area contributed by atoms with Crippen LogP contribution < -0.4 is 5.22 Å². The van der Waals surface area contributed by atoms with Crippen LogP contribution in [-0.2, 0) is 46.0 Å². The van der Waals surface area contributed by atoms with Gasteiger partial charge >= 0.3 is 5.97 Å². The molecule has 12 aromatic carbocycles. The Bertz CT molecular complexity index is 4000. The first-order valence-corrected chi connectivity index (χ1v) is 20.8. The van der Waals surface area contributed by atoms with Crippen molar-refractivity contribution in [1.82, 2.24) is 0 Å². The molecule has 12 aromatic rings. The predicted molar refractivity (Wildman–Crippen MR) is 224 cm³/mol. The van der Waals surface area contributed by atoms with Gasteiger partial charge in [-0.2, -0.15) is 0 Å². The van der Waals surface area contributed by atoms with Gasteiger partial charge < -0.3 is 4.74 Å². The summed E-state index contributed by atoms with van der Waals surface area (Å²) in [6.07, 6.45) is 10.5. The molecule has 6 aliphatic rings. The van der Waals surface area contributed by atoms with Crippen molar-refractivity contribution in [2.75, 3.05) is 7.11 Å². The zero-order valence-corrected chi connectivity index (χ0v) is 30.3. The Morgan fingerprint density at radius 3 is 2.02 bits per heavy atom. The van der Waals surface area contributed by atoms with E-state index in [2.05, 4.69) is 60.7 Å². The second kappa shape index (κ2) is 7.33. The zero-order chi connectivity index (χ0) is 34.9. The van der Waals surface area contributed by atoms with Crippen LogP contribution in [0.4, 0.5) is 0 Å². The van der Waals surface area contributed by atoms with Gasteiger partial charge in [-0.15, -0.1) is 0 Å². The molecule has 0 aromatic heterocycles. The summed E-state index contributed by atoms with van der Waals surface area (Å²) in [6.45, 7) is 0. The minimum Gasteiger partial charge on any atom is -0.469 e. The van der Waals surface area contributed by atoms with Crippen molar-refractivity contribution < 1.29 is 9.53 Å². The number of ether oxygens (including phenoxy) is 1. The quantitative estimate of drug-likeness (QED) is 0.102. The SMILES string of the molecule is COC(=O)CCCC1(c2ccccc2)C2c3cc4c5c6c(cc7c8c9c(cc%10cc%11c%12c(c%13c%14c(c%15c3c5c3c%15c%13c5c%12c%10c9c5c3c68)C21CC=%14)CC%11)C7)C4. The smallest absolute Gasteiger partial charge is 0.305 e. The van der Waals surface area contributed by atoms with Gasteiger partial charge in [0.05, 0.1) is 7.11 Å². The van der Waals surface area contributed by atoms with E-state index in [-0.39, 0.29) is 16.8 Å². The molecule has 3 atom stereocenters.